The molecule has 0 aromatic heterocycles. The number of hydrogen-bond donors (Lipinski definition) is 1. The molecular weight excluding hydrogens is 254 g/mol. The van der Waals surface area contributed by atoms with Gasteiger partial charge in [-0.3, -0.25) is 0 Å². The second-order valence-electron chi connectivity index (χ2n) is 6.46. The third-order valence-electron chi connectivity index (χ3n) is 4.32. The SMILES string of the molecule is CCCCCCCCCCCCc1ccc(C(C)N)cc1. The Hall–Kier alpha value is -0.820. The van der Waals surface area contributed by atoms with Crippen molar-refractivity contribution in [1.29, 1.82) is 0 Å². The molecule has 0 aliphatic carbocycles. The predicted molar refractivity (Wildman–Crippen MR) is 94.6 cm³/mol. The standard InChI is InChI=1S/C20H35N/c1-3-4-5-6-7-8-9-10-11-12-13-19-14-16-20(17-15-19)18(2)21/h14-18H,3-13,21H2,1-2H3. The van der Waals surface area contributed by atoms with E-state index in [9.17, 15) is 0 Å². The van der Waals surface area contributed by atoms with Crippen LogP contribution in [0.25, 0.3) is 0 Å². The molecule has 0 aliphatic heterocycles. The molecular formula is C20H35N. The van der Waals surface area contributed by atoms with Crippen molar-refractivity contribution < 1.29 is 0 Å². The maximum atomic E-state index is 5.87. The van der Waals surface area contributed by atoms with Gasteiger partial charge in [0.05, 0.1) is 0 Å². The van der Waals surface area contributed by atoms with Crippen LogP contribution in [0.4, 0.5) is 0 Å². The Bertz CT molecular complexity index is 339. The molecule has 0 bridgehead atoms. The molecule has 2 N–H and O–H groups in total. The maximum Gasteiger partial charge on any atom is 0.0266 e. The Morgan fingerprint density at radius 1 is 0.762 bits per heavy atom. The fraction of sp³-hybridized carbons (Fsp3) is 0.700. The molecule has 0 spiro atoms. The Morgan fingerprint density at radius 2 is 1.24 bits per heavy atom. The van der Waals surface area contributed by atoms with Crippen molar-refractivity contribution in [3.8, 4) is 0 Å². The average Bonchev–Trinajstić information content (AvgIpc) is 2.49. The van der Waals surface area contributed by atoms with Crippen LogP contribution in [0.1, 0.15) is 95.2 Å². The monoisotopic (exact) mass is 289 g/mol. The summed E-state index contributed by atoms with van der Waals surface area (Å²) in [5.74, 6) is 0. The van der Waals surface area contributed by atoms with Crippen molar-refractivity contribution in [3.05, 3.63) is 35.4 Å². The van der Waals surface area contributed by atoms with E-state index in [4.69, 9.17) is 5.73 Å². The molecule has 1 atom stereocenters. The summed E-state index contributed by atoms with van der Waals surface area (Å²) in [7, 11) is 0. The van der Waals surface area contributed by atoms with Gasteiger partial charge in [-0.2, -0.15) is 0 Å². The topological polar surface area (TPSA) is 26.0 Å². The Labute approximate surface area is 132 Å². The predicted octanol–water partition coefficient (Wildman–Crippen LogP) is 6.17. The van der Waals surface area contributed by atoms with Gasteiger partial charge in [-0.25, -0.2) is 0 Å². The Kier molecular flexibility index (Phi) is 10.2. The molecule has 1 unspecified atom stereocenters. The van der Waals surface area contributed by atoms with Crippen LogP contribution in [0, 0.1) is 0 Å². The zero-order valence-electron chi connectivity index (χ0n) is 14.2. The van der Waals surface area contributed by atoms with E-state index in [1.54, 1.807) is 0 Å². The van der Waals surface area contributed by atoms with Crippen LogP contribution in [0.3, 0.4) is 0 Å². The molecule has 0 amide bonds. The van der Waals surface area contributed by atoms with E-state index in [1.807, 2.05) is 6.92 Å². The zero-order chi connectivity index (χ0) is 15.3. The number of nitrogens with two attached hydrogens (primary N) is 1. The number of unbranched alkanes of at least 4 members (excludes halogenated alkanes) is 9. The van der Waals surface area contributed by atoms with Gasteiger partial charge >= 0.3 is 0 Å². The van der Waals surface area contributed by atoms with Crippen LogP contribution in [-0.4, -0.2) is 0 Å². The minimum atomic E-state index is 0.149. The lowest BCUT2D eigenvalue weighted by atomic mass is 10.0. The van der Waals surface area contributed by atoms with Crippen molar-refractivity contribution in [1.82, 2.24) is 0 Å². The van der Waals surface area contributed by atoms with Gasteiger partial charge in [0.15, 0.2) is 0 Å². The third kappa shape index (κ3) is 8.93. The summed E-state index contributed by atoms with van der Waals surface area (Å²) in [5.41, 5.74) is 8.57. The fourth-order valence-electron chi connectivity index (χ4n) is 2.80. The molecule has 0 saturated carbocycles. The molecule has 0 saturated heterocycles. The number of aryl methyl sites for hydroxylation is 1. The largest absolute Gasteiger partial charge is 0.324 e. The summed E-state index contributed by atoms with van der Waals surface area (Å²) < 4.78 is 0. The highest BCUT2D eigenvalue weighted by Crippen LogP contribution is 2.14. The van der Waals surface area contributed by atoms with Crippen molar-refractivity contribution in [2.45, 2.75) is 90.5 Å². The molecule has 21 heavy (non-hydrogen) atoms. The van der Waals surface area contributed by atoms with Crippen molar-refractivity contribution in [3.63, 3.8) is 0 Å². The molecule has 1 rings (SSSR count). The Balaban J connectivity index is 1.96. The highest BCUT2D eigenvalue weighted by molar-refractivity contribution is 5.24. The highest BCUT2D eigenvalue weighted by Gasteiger charge is 1.99. The van der Waals surface area contributed by atoms with Gasteiger partial charge < -0.3 is 5.73 Å². The molecule has 0 heterocycles. The molecule has 120 valence electrons. The van der Waals surface area contributed by atoms with Crippen LogP contribution in [-0.2, 0) is 6.42 Å². The lowest BCUT2D eigenvalue weighted by Crippen LogP contribution is -2.04. The van der Waals surface area contributed by atoms with Crippen LogP contribution in [0.5, 0.6) is 0 Å². The minimum absolute atomic E-state index is 0.149. The van der Waals surface area contributed by atoms with Gasteiger partial charge in [-0.05, 0) is 30.9 Å². The van der Waals surface area contributed by atoms with Gasteiger partial charge in [-0.15, -0.1) is 0 Å². The third-order valence-corrected chi connectivity index (χ3v) is 4.32. The highest BCUT2D eigenvalue weighted by atomic mass is 14.6. The number of benzene rings is 1. The molecule has 0 fully saturated rings. The van der Waals surface area contributed by atoms with Crippen LogP contribution < -0.4 is 5.73 Å². The normalized spacial score (nSPS) is 12.5. The van der Waals surface area contributed by atoms with Gasteiger partial charge in [0.2, 0.25) is 0 Å². The smallest absolute Gasteiger partial charge is 0.0266 e. The molecule has 1 heteroatoms. The summed E-state index contributed by atoms with van der Waals surface area (Å²) >= 11 is 0. The van der Waals surface area contributed by atoms with Gasteiger partial charge in [0.1, 0.15) is 0 Å². The second kappa shape index (κ2) is 11.8. The van der Waals surface area contributed by atoms with E-state index < -0.39 is 0 Å². The van der Waals surface area contributed by atoms with Crippen molar-refractivity contribution in [2.75, 3.05) is 0 Å². The van der Waals surface area contributed by atoms with E-state index in [1.165, 1.54) is 81.8 Å². The first kappa shape index (κ1) is 18.2. The molecule has 1 nitrogen and oxygen atoms in total. The first-order valence-corrected chi connectivity index (χ1v) is 9.08. The molecule has 1 aromatic carbocycles. The van der Waals surface area contributed by atoms with E-state index >= 15 is 0 Å². The van der Waals surface area contributed by atoms with Crippen LogP contribution in [0.15, 0.2) is 24.3 Å². The van der Waals surface area contributed by atoms with Crippen LogP contribution >= 0.6 is 0 Å². The van der Waals surface area contributed by atoms with Crippen molar-refractivity contribution in [2.24, 2.45) is 5.73 Å². The molecule has 0 aliphatic rings. The quantitative estimate of drug-likeness (QED) is 0.457. The lowest BCUT2D eigenvalue weighted by molar-refractivity contribution is 0.556. The summed E-state index contributed by atoms with van der Waals surface area (Å²) in [6.45, 7) is 4.32. The summed E-state index contributed by atoms with van der Waals surface area (Å²) in [4.78, 5) is 0. The van der Waals surface area contributed by atoms with Crippen LogP contribution in [0.2, 0.25) is 0 Å². The van der Waals surface area contributed by atoms with Gasteiger partial charge in [0.25, 0.3) is 0 Å². The second-order valence-corrected chi connectivity index (χ2v) is 6.46. The maximum absolute atomic E-state index is 5.87. The van der Waals surface area contributed by atoms with E-state index in [2.05, 4.69) is 31.2 Å². The van der Waals surface area contributed by atoms with Crippen molar-refractivity contribution >= 4 is 0 Å². The zero-order valence-corrected chi connectivity index (χ0v) is 14.2. The first-order valence-electron chi connectivity index (χ1n) is 9.08. The average molecular weight is 290 g/mol. The fourth-order valence-corrected chi connectivity index (χ4v) is 2.80. The van der Waals surface area contributed by atoms with E-state index in [0.29, 0.717) is 0 Å². The molecule has 1 aromatic rings. The number of rotatable bonds is 12. The molecule has 0 radical (unpaired) electrons. The lowest BCUT2D eigenvalue weighted by Gasteiger charge is -2.07. The van der Waals surface area contributed by atoms with Gasteiger partial charge in [0, 0.05) is 6.04 Å². The van der Waals surface area contributed by atoms with E-state index in [0.717, 1.165) is 0 Å². The first-order chi connectivity index (χ1) is 10.2. The Morgan fingerprint density at radius 3 is 1.71 bits per heavy atom. The summed E-state index contributed by atoms with van der Waals surface area (Å²) in [6, 6.07) is 8.99. The minimum Gasteiger partial charge on any atom is -0.324 e. The van der Waals surface area contributed by atoms with E-state index in [-0.39, 0.29) is 6.04 Å². The van der Waals surface area contributed by atoms with Gasteiger partial charge in [-0.1, -0.05) is 89.0 Å². The summed E-state index contributed by atoms with van der Waals surface area (Å²) in [5, 5.41) is 0. The summed E-state index contributed by atoms with van der Waals surface area (Å²) in [6.07, 6.45) is 15.3. The number of hydrogen-bond acceptors (Lipinski definition) is 1.